The van der Waals surface area contributed by atoms with E-state index in [-0.39, 0.29) is 19.4 Å². The van der Waals surface area contributed by atoms with Crippen molar-refractivity contribution in [2.24, 2.45) is 29.1 Å². The van der Waals surface area contributed by atoms with Crippen molar-refractivity contribution in [2.45, 2.75) is 86.2 Å². The summed E-state index contributed by atoms with van der Waals surface area (Å²) in [5, 5.41) is 25.6. The fourth-order valence-electron chi connectivity index (χ4n) is 3.89. The fourth-order valence-corrected chi connectivity index (χ4v) is 3.89. The number of hydrogen-bond donors (Lipinski definition) is 3. The Kier molecular flexibility index (Phi) is 14.4. The van der Waals surface area contributed by atoms with Crippen molar-refractivity contribution in [3.63, 3.8) is 0 Å². The number of carboxylic acid groups (broad SMARTS) is 1. The van der Waals surface area contributed by atoms with Gasteiger partial charge in [-0.3, -0.25) is 9.59 Å². The predicted molar refractivity (Wildman–Crippen MR) is 128 cm³/mol. The van der Waals surface area contributed by atoms with Gasteiger partial charge in [0.25, 0.3) is 0 Å². The molecule has 6 heteroatoms. The topological polar surface area (TPSA) is 104 Å². The summed E-state index contributed by atoms with van der Waals surface area (Å²) in [6.07, 6.45) is 11.5. The molecule has 2 aliphatic rings. The number of aliphatic carboxylic acids is 1. The van der Waals surface area contributed by atoms with Crippen LogP contribution in [0.4, 0.5) is 0 Å². The van der Waals surface area contributed by atoms with Crippen LogP contribution < -0.4 is 0 Å². The molecule has 6 nitrogen and oxygen atoms in total. The molecule has 3 N–H and O–H groups in total. The lowest BCUT2D eigenvalue weighted by Crippen LogP contribution is -2.27. The van der Waals surface area contributed by atoms with Gasteiger partial charge in [-0.2, -0.15) is 0 Å². The van der Waals surface area contributed by atoms with Crippen molar-refractivity contribution < 1.29 is 29.6 Å². The van der Waals surface area contributed by atoms with Gasteiger partial charge in [0, 0.05) is 6.61 Å². The van der Waals surface area contributed by atoms with Crippen LogP contribution in [-0.4, -0.2) is 47.1 Å². The fraction of sp³-hybridized carbons (Fsp3) is 0.769. The molecule has 0 aliphatic heterocycles. The Balaban J connectivity index is 0.000000476. The van der Waals surface area contributed by atoms with E-state index < -0.39 is 23.5 Å². The lowest BCUT2D eigenvalue weighted by molar-refractivity contribution is -0.147. The lowest BCUT2D eigenvalue weighted by Gasteiger charge is -2.38. The molecule has 0 saturated carbocycles. The summed E-state index contributed by atoms with van der Waals surface area (Å²) in [5.74, 6) is 2.18. The molecular weight excluding hydrogens is 408 g/mol. The Morgan fingerprint density at radius 3 is 2.28 bits per heavy atom. The van der Waals surface area contributed by atoms with E-state index in [0.717, 1.165) is 23.7 Å². The minimum Gasteiger partial charge on any atom is -0.481 e. The summed E-state index contributed by atoms with van der Waals surface area (Å²) >= 11 is 0. The molecule has 2 aliphatic carbocycles. The van der Waals surface area contributed by atoms with Gasteiger partial charge in [-0.15, -0.1) is 0 Å². The van der Waals surface area contributed by atoms with Gasteiger partial charge in [0.05, 0.1) is 25.0 Å². The molecule has 0 unspecified atom stereocenters. The molecule has 0 fully saturated rings. The quantitative estimate of drug-likeness (QED) is 0.468. The molecule has 0 amide bonds. The van der Waals surface area contributed by atoms with E-state index in [1.165, 1.54) is 26.4 Å². The number of ether oxygens (including phenoxy) is 1. The third-order valence-corrected chi connectivity index (χ3v) is 6.65. The average Bonchev–Trinajstić information content (AvgIpc) is 2.74. The summed E-state index contributed by atoms with van der Waals surface area (Å²) in [4.78, 5) is 20.7. The molecule has 0 spiro atoms. The smallest absolute Gasteiger partial charge is 0.309 e. The van der Waals surface area contributed by atoms with Gasteiger partial charge in [-0.1, -0.05) is 52.3 Å². The van der Waals surface area contributed by atoms with E-state index in [1.807, 2.05) is 6.92 Å². The Morgan fingerprint density at radius 2 is 1.84 bits per heavy atom. The van der Waals surface area contributed by atoms with E-state index in [1.54, 1.807) is 19.4 Å². The van der Waals surface area contributed by atoms with Crippen LogP contribution in [0.2, 0.25) is 0 Å². The molecule has 186 valence electrons. The first-order valence-electron chi connectivity index (χ1n) is 11.9. The minimum absolute atomic E-state index is 0.0446. The highest BCUT2D eigenvalue weighted by molar-refractivity contribution is 5.73. The second kappa shape index (κ2) is 15.2. The first kappa shape index (κ1) is 30.3. The highest BCUT2D eigenvalue weighted by Gasteiger charge is 2.31. The predicted octanol–water partition coefficient (Wildman–Crippen LogP) is 4.99. The number of allylic oxidation sites excluding steroid dienone is 4. The van der Waals surface area contributed by atoms with Crippen LogP contribution in [0.1, 0.15) is 80.1 Å². The maximum absolute atomic E-state index is 10.4. The maximum Gasteiger partial charge on any atom is 0.309 e. The first-order valence-corrected chi connectivity index (χ1v) is 11.9. The van der Waals surface area contributed by atoms with Crippen LogP contribution in [-0.2, 0) is 14.3 Å². The van der Waals surface area contributed by atoms with Crippen molar-refractivity contribution in [1.29, 1.82) is 0 Å². The van der Waals surface area contributed by atoms with Crippen LogP contribution in [0.15, 0.2) is 23.8 Å². The molecular formula is C26H46O6. The van der Waals surface area contributed by atoms with Crippen molar-refractivity contribution in [3.8, 4) is 0 Å². The lowest BCUT2D eigenvalue weighted by atomic mass is 9.67. The second-order valence-corrected chi connectivity index (χ2v) is 9.61. The van der Waals surface area contributed by atoms with Crippen molar-refractivity contribution in [2.75, 3.05) is 13.7 Å². The highest BCUT2D eigenvalue weighted by atomic mass is 16.5. The van der Waals surface area contributed by atoms with Crippen LogP contribution in [0.25, 0.3) is 0 Å². The van der Waals surface area contributed by atoms with Crippen LogP contribution in [0, 0.1) is 29.1 Å². The van der Waals surface area contributed by atoms with Crippen LogP contribution in [0.3, 0.4) is 0 Å². The summed E-state index contributed by atoms with van der Waals surface area (Å²) in [7, 11) is 1.26. The van der Waals surface area contributed by atoms with Gasteiger partial charge in [0.2, 0.25) is 0 Å². The normalized spacial score (nSPS) is 25.1. The van der Waals surface area contributed by atoms with Crippen molar-refractivity contribution in [3.05, 3.63) is 23.8 Å². The molecule has 5 atom stereocenters. The Labute approximate surface area is 194 Å². The summed E-state index contributed by atoms with van der Waals surface area (Å²) in [5.41, 5.74) is 1.09. The molecule has 0 aromatic heterocycles. The molecule has 0 aromatic carbocycles. The molecule has 0 saturated heterocycles. The Bertz CT molecular complexity index is 622. The number of carbonyl (C=O) groups excluding carboxylic acids is 1. The van der Waals surface area contributed by atoms with E-state index in [0.29, 0.717) is 6.42 Å². The van der Waals surface area contributed by atoms with Gasteiger partial charge < -0.3 is 20.1 Å². The van der Waals surface area contributed by atoms with Gasteiger partial charge in [0.15, 0.2) is 0 Å². The van der Waals surface area contributed by atoms with E-state index in [2.05, 4.69) is 43.7 Å². The molecule has 0 aromatic rings. The number of carboxylic acids is 1. The third kappa shape index (κ3) is 10.8. The molecule has 0 radical (unpaired) electrons. The van der Waals surface area contributed by atoms with Gasteiger partial charge in [-0.25, -0.2) is 0 Å². The zero-order chi connectivity index (χ0) is 24.9. The number of hydrogen-bond acceptors (Lipinski definition) is 5. The summed E-state index contributed by atoms with van der Waals surface area (Å²) in [6, 6.07) is 0. The van der Waals surface area contributed by atoms with Crippen LogP contribution in [0.5, 0.6) is 0 Å². The van der Waals surface area contributed by atoms with Crippen molar-refractivity contribution >= 4 is 11.9 Å². The second-order valence-electron chi connectivity index (χ2n) is 9.61. The number of esters is 1. The monoisotopic (exact) mass is 454 g/mol. The average molecular weight is 455 g/mol. The molecule has 2 rings (SSSR count). The number of rotatable bonds is 7. The minimum atomic E-state index is -0.780. The third-order valence-electron chi connectivity index (χ3n) is 6.65. The maximum atomic E-state index is 10.4. The number of methoxy groups -OCH3 is 1. The molecule has 0 bridgehead atoms. The zero-order valence-corrected chi connectivity index (χ0v) is 21.1. The number of carbonyl (C=O) groups is 2. The van der Waals surface area contributed by atoms with Gasteiger partial charge in [-0.05, 0) is 68.8 Å². The van der Waals surface area contributed by atoms with Gasteiger partial charge >= 0.3 is 11.9 Å². The molecule has 32 heavy (non-hydrogen) atoms. The SMILES string of the molecule is CCC(C)(C)C(=O)O.CC[C@H]1[C@@H](C)C=CC2=C[C@H](C)CC[C@@H]21.COC(=O)C[C@H](O)CCO. The number of aliphatic hydroxyl groups excluding tert-OH is 2. The summed E-state index contributed by atoms with van der Waals surface area (Å²) < 4.78 is 4.29. The number of aliphatic hydroxyl groups is 2. The molecule has 0 heterocycles. The Hall–Kier alpha value is -1.66. The highest BCUT2D eigenvalue weighted by Crippen LogP contribution is 2.42. The van der Waals surface area contributed by atoms with E-state index >= 15 is 0 Å². The largest absolute Gasteiger partial charge is 0.481 e. The summed E-state index contributed by atoms with van der Waals surface area (Å²) in [6.45, 7) is 12.3. The van der Waals surface area contributed by atoms with E-state index in [4.69, 9.17) is 15.3 Å². The zero-order valence-electron chi connectivity index (χ0n) is 21.1. The number of fused-ring (bicyclic) bond motifs is 1. The van der Waals surface area contributed by atoms with Crippen LogP contribution >= 0.6 is 0 Å². The van der Waals surface area contributed by atoms with Crippen molar-refractivity contribution in [1.82, 2.24) is 0 Å². The van der Waals surface area contributed by atoms with E-state index in [9.17, 15) is 9.59 Å². The Morgan fingerprint density at radius 1 is 1.22 bits per heavy atom. The van der Waals surface area contributed by atoms with Gasteiger partial charge in [0.1, 0.15) is 0 Å². The first-order chi connectivity index (χ1) is 14.9. The standard InChI is InChI=1S/C14H22.C6H12O4.C6H12O2/c1-4-13-11(3)6-7-12-9-10(2)5-8-14(12)13;1-10-6(9)4-5(8)2-3-7;1-4-6(2,3)5(7)8/h6-7,9-11,13-14H,4-5,8H2,1-3H3;5,7-8H,2-4H2,1H3;4H2,1-3H3,(H,7,8)/t10-,11+,13+,14+;5-;/m11./s1.